The van der Waals surface area contributed by atoms with Gasteiger partial charge in [-0.3, -0.25) is 0 Å². The summed E-state index contributed by atoms with van der Waals surface area (Å²) in [6.45, 7) is 1.75. The quantitative estimate of drug-likeness (QED) is 0.787. The molecular weight excluding hydrogens is 214 g/mol. The first-order chi connectivity index (χ1) is 7.28. The van der Waals surface area contributed by atoms with Crippen LogP contribution in [-0.2, 0) is 0 Å². The number of aryl methyl sites for hydroxylation is 1. The zero-order valence-corrected chi connectivity index (χ0v) is 9.08. The van der Waals surface area contributed by atoms with Crippen molar-refractivity contribution >= 4 is 17.7 Å². The highest BCUT2D eigenvalue weighted by molar-refractivity contribution is 7.99. The predicted octanol–water partition coefficient (Wildman–Crippen LogP) is 1.36. The van der Waals surface area contributed by atoms with Crippen LogP contribution in [0.4, 0.5) is 5.95 Å². The molecule has 2 rings (SSSR count). The van der Waals surface area contributed by atoms with Crippen LogP contribution in [0.2, 0.25) is 0 Å². The summed E-state index contributed by atoms with van der Waals surface area (Å²) in [4.78, 5) is 8.21. The van der Waals surface area contributed by atoms with Gasteiger partial charge in [0.25, 0.3) is 5.22 Å². The second kappa shape index (κ2) is 4.26. The minimum absolute atomic E-state index is 0.480. The Morgan fingerprint density at radius 1 is 1.40 bits per heavy atom. The molecule has 0 aromatic carbocycles. The van der Waals surface area contributed by atoms with E-state index in [1.807, 2.05) is 0 Å². The lowest BCUT2D eigenvalue weighted by molar-refractivity contribution is 0.429. The van der Waals surface area contributed by atoms with Gasteiger partial charge in [-0.2, -0.15) is 0 Å². The van der Waals surface area contributed by atoms with E-state index < -0.39 is 0 Å². The Morgan fingerprint density at radius 2 is 2.27 bits per heavy atom. The molecule has 0 unspecified atom stereocenters. The Labute approximate surface area is 90.5 Å². The molecule has 15 heavy (non-hydrogen) atoms. The van der Waals surface area contributed by atoms with Crippen LogP contribution < -0.4 is 5.32 Å². The molecule has 2 heterocycles. The average molecular weight is 223 g/mol. The molecule has 7 heteroatoms. The van der Waals surface area contributed by atoms with Crippen LogP contribution in [0, 0.1) is 6.92 Å². The van der Waals surface area contributed by atoms with Gasteiger partial charge in [-0.15, -0.1) is 10.2 Å². The van der Waals surface area contributed by atoms with E-state index in [9.17, 15) is 0 Å². The van der Waals surface area contributed by atoms with Crippen molar-refractivity contribution in [3.8, 4) is 0 Å². The molecule has 78 valence electrons. The van der Waals surface area contributed by atoms with Crippen molar-refractivity contribution in [2.45, 2.75) is 17.2 Å². The van der Waals surface area contributed by atoms with E-state index in [2.05, 4.69) is 25.5 Å². The van der Waals surface area contributed by atoms with Crippen LogP contribution >= 0.6 is 11.8 Å². The molecule has 2 aromatic heterocycles. The minimum atomic E-state index is 0.480. The molecule has 0 saturated carbocycles. The van der Waals surface area contributed by atoms with Crippen molar-refractivity contribution in [3.05, 3.63) is 18.2 Å². The van der Waals surface area contributed by atoms with Gasteiger partial charge in [0.15, 0.2) is 0 Å². The smallest absolute Gasteiger partial charge is 0.282 e. The average Bonchev–Trinajstić information content (AvgIpc) is 2.64. The standard InChI is InChI=1S/C8H9N5OS/c1-5-12-13-8(14-5)15-6-3-4-10-7(9-2)11-6/h3-4H,1-2H3,(H,9,10,11). The predicted molar refractivity (Wildman–Crippen MR) is 54.7 cm³/mol. The first-order valence-electron chi connectivity index (χ1n) is 4.26. The Hall–Kier alpha value is -1.63. The fourth-order valence-electron chi connectivity index (χ4n) is 0.929. The summed E-state index contributed by atoms with van der Waals surface area (Å²) >= 11 is 1.31. The molecule has 6 nitrogen and oxygen atoms in total. The summed E-state index contributed by atoms with van der Waals surface area (Å²) in [5, 5.41) is 11.7. The van der Waals surface area contributed by atoms with Gasteiger partial charge in [-0.1, -0.05) is 0 Å². The second-order valence-electron chi connectivity index (χ2n) is 2.66. The lowest BCUT2D eigenvalue weighted by Gasteiger charge is -1.98. The van der Waals surface area contributed by atoms with Gasteiger partial charge in [-0.05, 0) is 17.8 Å². The van der Waals surface area contributed by atoms with Crippen molar-refractivity contribution in [2.75, 3.05) is 12.4 Å². The molecule has 0 aliphatic heterocycles. The molecule has 0 fully saturated rings. The van der Waals surface area contributed by atoms with Crippen molar-refractivity contribution in [1.82, 2.24) is 20.2 Å². The third kappa shape index (κ3) is 2.44. The van der Waals surface area contributed by atoms with Crippen molar-refractivity contribution < 1.29 is 4.42 Å². The molecule has 2 aromatic rings. The third-order valence-corrected chi connectivity index (χ3v) is 2.33. The first-order valence-corrected chi connectivity index (χ1v) is 5.08. The minimum Gasteiger partial charge on any atom is -0.416 e. The van der Waals surface area contributed by atoms with Crippen LogP contribution in [-0.4, -0.2) is 27.2 Å². The number of hydrogen-bond donors (Lipinski definition) is 1. The van der Waals surface area contributed by atoms with Gasteiger partial charge in [0.2, 0.25) is 11.8 Å². The summed E-state index contributed by atoms with van der Waals surface area (Å²) in [6, 6.07) is 1.78. The maximum Gasteiger partial charge on any atom is 0.282 e. The van der Waals surface area contributed by atoms with Crippen molar-refractivity contribution in [2.24, 2.45) is 0 Å². The van der Waals surface area contributed by atoms with Gasteiger partial charge in [0.1, 0.15) is 5.03 Å². The van der Waals surface area contributed by atoms with E-state index in [-0.39, 0.29) is 0 Å². The number of anilines is 1. The topological polar surface area (TPSA) is 76.7 Å². The highest BCUT2D eigenvalue weighted by atomic mass is 32.2. The highest BCUT2D eigenvalue weighted by Crippen LogP contribution is 2.24. The van der Waals surface area contributed by atoms with Crippen LogP contribution in [0.25, 0.3) is 0 Å². The van der Waals surface area contributed by atoms with E-state index in [1.165, 1.54) is 11.8 Å². The lowest BCUT2D eigenvalue weighted by Crippen LogP contribution is -1.95. The maximum atomic E-state index is 5.22. The van der Waals surface area contributed by atoms with Crippen molar-refractivity contribution in [3.63, 3.8) is 0 Å². The molecule has 0 bridgehead atoms. The summed E-state index contributed by atoms with van der Waals surface area (Å²) in [5.41, 5.74) is 0. The Kier molecular flexibility index (Phi) is 2.82. The van der Waals surface area contributed by atoms with E-state index in [4.69, 9.17) is 4.42 Å². The van der Waals surface area contributed by atoms with Gasteiger partial charge >= 0.3 is 0 Å². The monoisotopic (exact) mass is 223 g/mol. The number of rotatable bonds is 3. The van der Waals surface area contributed by atoms with E-state index in [0.717, 1.165) is 5.03 Å². The van der Waals surface area contributed by atoms with Crippen molar-refractivity contribution in [1.29, 1.82) is 0 Å². The molecular formula is C8H9N5OS. The van der Waals surface area contributed by atoms with E-state index in [1.54, 1.807) is 26.2 Å². The summed E-state index contributed by atoms with van der Waals surface area (Å²) < 4.78 is 5.22. The highest BCUT2D eigenvalue weighted by Gasteiger charge is 2.06. The molecule has 1 N–H and O–H groups in total. The van der Waals surface area contributed by atoms with Gasteiger partial charge in [-0.25, -0.2) is 9.97 Å². The van der Waals surface area contributed by atoms with Gasteiger partial charge < -0.3 is 9.73 Å². The fourth-order valence-corrected chi connectivity index (χ4v) is 1.61. The largest absolute Gasteiger partial charge is 0.416 e. The Morgan fingerprint density at radius 3 is 2.93 bits per heavy atom. The summed E-state index contributed by atoms with van der Waals surface area (Å²) in [6.07, 6.45) is 1.67. The normalized spacial score (nSPS) is 10.3. The van der Waals surface area contributed by atoms with Crippen LogP contribution in [0.5, 0.6) is 0 Å². The number of aromatic nitrogens is 4. The van der Waals surface area contributed by atoms with Crippen LogP contribution in [0.3, 0.4) is 0 Å². The molecule has 0 saturated heterocycles. The summed E-state index contributed by atoms with van der Waals surface area (Å²) in [7, 11) is 1.76. The number of nitrogens with zero attached hydrogens (tertiary/aromatic N) is 4. The Bertz CT molecular complexity index is 458. The second-order valence-corrected chi connectivity index (χ2v) is 3.63. The molecule has 0 radical (unpaired) electrons. The molecule has 0 aliphatic carbocycles. The molecule has 0 atom stereocenters. The number of hydrogen-bond acceptors (Lipinski definition) is 7. The lowest BCUT2D eigenvalue weighted by atomic mass is 10.7. The zero-order valence-electron chi connectivity index (χ0n) is 8.26. The fraction of sp³-hybridized carbons (Fsp3) is 0.250. The van der Waals surface area contributed by atoms with E-state index >= 15 is 0 Å². The zero-order chi connectivity index (χ0) is 10.7. The Balaban J connectivity index is 2.16. The molecule has 0 amide bonds. The third-order valence-electron chi connectivity index (χ3n) is 1.55. The molecule has 0 aliphatic rings. The van der Waals surface area contributed by atoms with E-state index in [0.29, 0.717) is 17.1 Å². The maximum absolute atomic E-state index is 5.22. The SMILES string of the molecule is CNc1nccc(Sc2nnc(C)o2)n1. The number of nitrogens with one attached hydrogen (secondary N) is 1. The van der Waals surface area contributed by atoms with Gasteiger partial charge in [0, 0.05) is 20.2 Å². The van der Waals surface area contributed by atoms with Crippen LogP contribution in [0.1, 0.15) is 5.89 Å². The summed E-state index contributed by atoms with van der Waals surface area (Å²) in [5.74, 6) is 1.11. The first kappa shape index (κ1) is 9.91. The van der Waals surface area contributed by atoms with Gasteiger partial charge in [0.05, 0.1) is 0 Å². The molecule has 0 spiro atoms. The van der Waals surface area contributed by atoms with Crippen LogP contribution in [0.15, 0.2) is 26.9 Å².